The van der Waals surface area contributed by atoms with Crippen LogP contribution >= 0.6 is 34.8 Å². The third-order valence-electron chi connectivity index (χ3n) is 1.92. The van der Waals surface area contributed by atoms with Crippen molar-refractivity contribution in [3.63, 3.8) is 0 Å². The number of ether oxygens (including phenoxy) is 1. The first kappa shape index (κ1) is 13.4. The average Bonchev–Trinajstić information content (AvgIpc) is 2.25. The van der Waals surface area contributed by atoms with Crippen molar-refractivity contribution in [2.75, 3.05) is 6.61 Å². The monoisotopic (exact) mass is 277 g/mol. The molecule has 0 N–H and O–H groups in total. The normalized spacial score (nSPS) is 9.88. The predicted molar refractivity (Wildman–Crippen MR) is 66.4 cm³/mol. The van der Waals surface area contributed by atoms with Crippen LogP contribution in [0.3, 0.4) is 0 Å². The Balaban J connectivity index is 2.48. The Labute approximate surface area is 110 Å². The number of benzene rings is 1. The lowest BCUT2D eigenvalue weighted by atomic mass is 10.2. The molecule has 0 aromatic heterocycles. The summed E-state index contributed by atoms with van der Waals surface area (Å²) in [6.45, 7) is 0.513. The summed E-state index contributed by atoms with van der Waals surface area (Å²) in [4.78, 5) is 0. The molecule has 0 saturated heterocycles. The minimum Gasteiger partial charge on any atom is -0.492 e. The molecule has 1 rings (SSSR count). The van der Waals surface area contributed by atoms with E-state index in [1.807, 2.05) is 0 Å². The van der Waals surface area contributed by atoms with Gasteiger partial charge in [-0.05, 0) is 18.9 Å². The zero-order valence-electron chi connectivity index (χ0n) is 8.47. The van der Waals surface area contributed by atoms with Crippen molar-refractivity contribution in [1.29, 1.82) is 5.26 Å². The summed E-state index contributed by atoms with van der Waals surface area (Å²) >= 11 is 17.5. The van der Waals surface area contributed by atoms with Crippen molar-refractivity contribution >= 4 is 34.8 Å². The van der Waals surface area contributed by atoms with Crippen LogP contribution in [-0.4, -0.2) is 6.61 Å². The van der Waals surface area contributed by atoms with E-state index >= 15 is 0 Å². The number of hydrogen-bond acceptors (Lipinski definition) is 2. The van der Waals surface area contributed by atoms with E-state index in [-0.39, 0.29) is 0 Å². The van der Waals surface area contributed by atoms with Gasteiger partial charge < -0.3 is 4.74 Å². The largest absolute Gasteiger partial charge is 0.492 e. The molecule has 0 saturated carbocycles. The van der Waals surface area contributed by atoms with Crippen molar-refractivity contribution in [2.45, 2.75) is 19.3 Å². The second kappa shape index (κ2) is 6.85. The van der Waals surface area contributed by atoms with Crippen molar-refractivity contribution in [2.24, 2.45) is 0 Å². The van der Waals surface area contributed by atoms with E-state index in [1.165, 1.54) is 0 Å². The lowest BCUT2D eigenvalue weighted by molar-refractivity contribution is 0.308. The van der Waals surface area contributed by atoms with Crippen molar-refractivity contribution in [3.05, 3.63) is 27.2 Å². The number of nitriles is 1. The highest BCUT2D eigenvalue weighted by Crippen LogP contribution is 2.33. The minimum absolute atomic E-state index is 0.406. The van der Waals surface area contributed by atoms with Crippen LogP contribution in [0, 0.1) is 11.3 Å². The number of rotatable bonds is 5. The van der Waals surface area contributed by atoms with Gasteiger partial charge in [0.1, 0.15) is 5.75 Å². The zero-order chi connectivity index (χ0) is 12.0. The van der Waals surface area contributed by atoms with Gasteiger partial charge in [0, 0.05) is 12.5 Å². The molecule has 0 atom stereocenters. The Morgan fingerprint density at radius 2 is 1.75 bits per heavy atom. The van der Waals surface area contributed by atoms with Gasteiger partial charge in [0.15, 0.2) is 0 Å². The fourth-order valence-corrected chi connectivity index (χ4v) is 1.69. The summed E-state index contributed by atoms with van der Waals surface area (Å²) in [5, 5.41) is 9.61. The van der Waals surface area contributed by atoms with E-state index in [4.69, 9.17) is 44.8 Å². The molecule has 2 nitrogen and oxygen atoms in total. The molecule has 0 unspecified atom stereocenters. The molecular formula is C11H10Cl3NO. The van der Waals surface area contributed by atoms with Crippen LogP contribution in [0.5, 0.6) is 5.75 Å². The Bertz CT molecular complexity index is 401. The summed E-state index contributed by atoms with van der Waals surface area (Å²) in [5.74, 6) is 0.521. The van der Waals surface area contributed by atoms with Crippen molar-refractivity contribution in [3.8, 4) is 11.8 Å². The molecule has 5 heteroatoms. The van der Waals surface area contributed by atoms with Gasteiger partial charge in [-0.15, -0.1) is 0 Å². The second-order valence-electron chi connectivity index (χ2n) is 3.16. The first-order valence-corrected chi connectivity index (χ1v) is 5.93. The molecule has 0 fully saturated rings. The molecule has 0 spiro atoms. The smallest absolute Gasteiger partial charge is 0.139 e. The molecule has 0 bridgehead atoms. The maximum absolute atomic E-state index is 8.35. The third kappa shape index (κ3) is 4.09. The Morgan fingerprint density at radius 1 is 1.06 bits per heavy atom. The van der Waals surface area contributed by atoms with Gasteiger partial charge >= 0.3 is 0 Å². The van der Waals surface area contributed by atoms with Gasteiger partial charge in [0.2, 0.25) is 0 Å². The number of hydrogen-bond donors (Lipinski definition) is 0. The van der Waals surface area contributed by atoms with Crippen LogP contribution in [-0.2, 0) is 0 Å². The van der Waals surface area contributed by atoms with Crippen LogP contribution in [0.25, 0.3) is 0 Å². The number of unbranched alkanes of at least 4 members (excludes halogenated alkanes) is 2. The van der Waals surface area contributed by atoms with Crippen molar-refractivity contribution < 1.29 is 4.74 Å². The summed E-state index contributed by atoms with van der Waals surface area (Å²) in [6.07, 6.45) is 2.16. The first-order chi connectivity index (χ1) is 7.65. The highest BCUT2D eigenvalue weighted by atomic mass is 35.5. The van der Waals surface area contributed by atoms with E-state index in [0.717, 1.165) is 12.8 Å². The van der Waals surface area contributed by atoms with Gasteiger partial charge in [0.25, 0.3) is 0 Å². The summed E-state index contributed by atoms with van der Waals surface area (Å²) in [7, 11) is 0. The highest BCUT2D eigenvalue weighted by molar-refractivity contribution is 6.43. The van der Waals surface area contributed by atoms with Gasteiger partial charge in [-0.3, -0.25) is 0 Å². The standard InChI is InChI=1S/C11H10Cl3NO/c12-8-6-10(14)11(7-9(8)13)16-5-3-1-2-4-15/h6-7H,1-3,5H2. The zero-order valence-corrected chi connectivity index (χ0v) is 10.7. The molecule has 0 heterocycles. The molecule has 86 valence electrons. The lowest BCUT2D eigenvalue weighted by Crippen LogP contribution is -1.97. The van der Waals surface area contributed by atoms with Gasteiger partial charge in [-0.1, -0.05) is 34.8 Å². The molecule has 0 radical (unpaired) electrons. The fraction of sp³-hybridized carbons (Fsp3) is 0.364. The molecular weight excluding hydrogens is 268 g/mol. The molecule has 0 amide bonds. The maximum Gasteiger partial charge on any atom is 0.139 e. The van der Waals surface area contributed by atoms with Crippen LogP contribution in [0.4, 0.5) is 0 Å². The molecule has 0 aliphatic carbocycles. The fourth-order valence-electron chi connectivity index (χ4n) is 1.10. The molecule has 16 heavy (non-hydrogen) atoms. The predicted octanol–water partition coefficient (Wildman–Crippen LogP) is 4.72. The van der Waals surface area contributed by atoms with Gasteiger partial charge in [0.05, 0.1) is 27.7 Å². The van der Waals surface area contributed by atoms with Crippen molar-refractivity contribution in [1.82, 2.24) is 0 Å². The van der Waals surface area contributed by atoms with E-state index in [1.54, 1.807) is 12.1 Å². The SMILES string of the molecule is N#CCCCCOc1cc(Cl)c(Cl)cc1Cl. The molecule has 0 aliphatic rings. The maximum atomic E-state index is 8.35. The Morgan fingerprint density at radius 3 is 2.44 bits per heavy atom. The van der Waals surface area contributed by atoms with Crippen LogP contribution < -0.4 is 4.74 Å². The minimum atomic E-state index is 0.406. The van der Waals surface area contributed by atoms with Crippen LogP contribution in [0.15, 0.2) is 12.1 Å². The van der Waals surface area contributed by atoms with E-state index < -0.39 is 0 Å². The second-order valence-corrected chi connectivity index (χ2v) is 4.38. The number of nitrogens with zero attached hydrogens (tertiary/aromatic N) is 1. The molecule has 0 aliphatic heterocycles. The van der Waals surface area contributed by atoms with Crippen LogP contribution in [0.1, 0.15) is 19.3 Å². The average molecular weight is 279 g/mol. The quantitative estimate of drug-likeness (QED) is 0.577. The Hall–Kier alpha value is -0.620. The summed E-state index contributed by atoms with van der Waals surface area (Å²) in [6, 6.07) is 5.22. The molecule has 1 aromatic rings. The molecule has 1 aromatic carbocycles. The van der Waals surface area contributed by atoms with E-state index in [0.29, 0.717) is 33.8 Å². The van der Waals surface area contributed by atoms with E-state index in [2.05, 4.69) is 6.07 Å². The summed E-state index contributed by atoms with van der Waals surface area (Å²) < 4.78 is 5.43. The topological polar surface area (TPSA) is 33.0 Å². The number of halogens is 3. The van der Waals surface area contributed by atoms with E-state index in [9.17, 15) is 0 Å². The van der Waals surface area contributed by atoms with Crippen LogP contribution in [0.2, 0.25) is 15.1 Å². The Kier molecular flexibility index (Phi) is 5.76. The van der Waals surface area contributed by atoms with Gasteiger partial charge in [-0.25, -0.2) is 0 Å². The lowest BCUT2D eigenvalue weighted by Gasteiger charge is -2.08. The first-order valence-electron chi connectivity index (χ1n) is 4.79. The highest BCUT2D eigenvalue weighted by Gasteiger charge is 2.06. The third-order valence-corrected chi connectivity index (χ3v) is 2.93. The summed E-state index contributed by atoms with van der Waals surface area (Å²) in [5.41, 5.74) is 0. The van der Waals surface area contributed by atoms with Gasteiger partial charge in [-0.2, -0.15) is 5.26 Å².